The van der Waals surface area contributed by atoms with Crippen molar-refractivity contribution in [1.82, 2.24) is 20.3 Å². The number of aromatic nitrogens is 3. The summed E-state index contributed by atoms with van der Waals surface area (Å²) in [5.41, 5.74) is 8.12. The maximum atomic E-state index is 12.9. The standard InChI is InChI=1S/C30H27N5O3/c1-18-19(2)38-28(34-18)17-33-30(37)21-13-26-25(9-10-32-27(26)14-21)23-12-22(15-31-16-23)20-5-7-24(8-6-20)35-11-3-4-29(35)36/h5-10,12-13,15-16H,3-4,11,14,17H2,1-2H3,(H,33,37). The number of oxazole rings is 1. The average molecular weight is 506 g/mol. The molecule has 190 valence electrons. The van der Waals surface area contributed by atoms with Crippen LogP contribution in [0.4, 0.5) is 5.69 Å². The number of aryl methyl sites for hydroxylation is 2. The second-order valence-electron chi connectivity index (χ2n) is 9.66. The van der Waals surface area contributed by atoms with Crippen LogP contribution in [-0.2, 0) is 22.6 Å². The fourth-order valence-electron chi connectivity index (χ4n) is 5.01. The van der Waals surface area contributed by atoms with Gasteiger partial charge in [-0.15, -0.1) is 0 Å². The molecule has 0 bridgehead atoms. The Kier molecular flexibility index (Phi) is 6.07. The normalized spacial score (nSPS) is 14.5. The van der Waals surface area contributed by atoms with Gasteiger partial charge in [-0.05, 0) is 61.7 Å². The van der Waals surface area contributed by atoms with Crippen LogP contribution in [0, 0.1) is 13.8 Å². The molecule has 1 aliphatic heterocycles. The molecule has 1 aliphatic carbocycles. The van der Waals surface area contributed by atoms with Crippen LogP contribution >= 0.6 is 0 Å². The molecule has 1 aromatic carbocycles. The minimum atomic E-state index is -0.161. The van der Waals surface area contributed by atoms with Crippen LogP contribution in [0.25, 0.3) is 28.3 Å². The van der Waals surface area contributed by atoms with Gasteiger partial charge in [-0.3, -0.25) is 19.6 Å². The maximum Gasteiger partial charge on any atom is 0.248 e. The van der Waals surface area contributed by atoms with Crippen LogP contribution in [0.2, 0.25) is 0 Å². The topological polar surface area (TPSA) is 101 Å². The van der Waals surface area contributed by atoms with Gasteiger partial charge >= 0.3 is 0 Å². The molecule has 1 fully saturated rings. The Labute approximate surface area is 220 Å². The molecule has 1 N–H and O–H groups in total. The van der Waals surface area contributed by atoms with Gasteiger partial charge in [0.25, 0.3) is 0 Å². The number of amides is 2. The molecule has 0 saturated carbocycles. The lowest BCUT2D eigenvalue weighted by atomic mass is 9.98. The molecule has 4 heterocycles. The fraction of sp³-hybridized carbons (Fsp3) is 0.233. The van der Waals surface area contributed by atoms with Gasteiger partial charge in [0.2, 0.25) is 17.7 Å². The van der Waals surface area contributed by atoms with E-state index in [4.69, 9.17) is 4.42 Å². The van der Waals surface area contributed by atoms with Crippen molar-refractivity contribution in [2.45, 2.75) is 39.7 Å². The number of anilines is 1. The van der Waals surface area contributed by atoms with E-state index >= 15 is 0 Å². The number of carbonyl (C=O) groups is 2. The Hall–Kier alpha value is -4.59. The third-order valence-corrected chi connectivity index (χ3v) is 7.15. The van der Waals surface area contributed by atoms with Crippen LogP contribution in [0.15, 0.2) is 65.0 Å². The van der Waals surface area contributed by atoms with Gasteiger partial charge in [-0.25, -0.2) is 4.98 Å². The van der Waals surface area contributed by atoms with Crippen LogP contribution in [-0.4, -0.2) is 33.3 Å². The van der Waals surface area contributed by atoms with E-state index in [0.29, 0.717) is 24.3 Å². The lowest BCUT2D eigenvalue weighted by Gasteiger charge is -2.16. The van der Waals surface area contributed by atoms with Crippen molar-refractivity contribution >= 4 is 23.6 Å². The van der Waals surface area contributed by atoms with Gasteiger partial charge < -0.3 is 14.6 Å². The molecule has 0 atom stereocenters. The summed E-state index contributed by atoms with van der Waals surface area (Å²) in [5, 5.41) is 2.91. The van der Waals surface area contributed by atoms with E-state index in [9.17, 15) is 9.59 Å². The molecule has 1 saturated heterocycles. The second kappa shape index (κ2) is 9.70. The third kappa shape index (κ3) is 4.49. The zero-order chi connectivity index (χ0) is 26.2. The van der Waals surface area contributed by atoms with E-state index in [-0.39, 0.29) is 18.4 Å². The molecule has 0 spiro atoms. The highest BCUT2D eigenvalue weighted by Gasteiger charge is 2.24. The van der Waals surface area contributed by atoms with Crippen molar-refractivity contribution in [3.05, 3.63) is 89.2 Å². The van der Waals surface area contributed by atoms with Crippen LogP contribution < -0.4 is 10.2 Å². The Morgan fingerprint density at radius 1 is 1.08 bits per heavy atom. The van der Waals surface area contributed by atoms with E-state index in [1.54, 1.807) is 6.20 Å². The summed E-state index contributed by atoms with van der Waals surface area (Å²) in [7, 11) is 0. The number of nitrogens with zero attached hydrogens (tertiary/aromatic N) is 4. The first kappa shape index (κ1) is 23.8. The molecule has 6 rings (SSSR count). The van der Waals surface area contributed by atoms with Crippen LogP contribution in [0.5, 0.6) is 0 Å². The summed E-state index contributed by atoms with van der Waals surface area (Å²) in [6, 6.07) is 12.1. The SMILES string of the molecule is Cc1nc(CNC(=O)C2=Cc3c(-c4cncc(-c5ccc(N6CCCC6=O)cc5)c4)ccnc3C2)oc1C. The van der Waals surface area contributed by atoms with E-state index in [2.05, 4.69) is 26.3 Å². The van der Waals surface area contributed by atoms with E-state index < -0.39 is 0 Å². The molecule has 8 heteroatoms. The van der Waals surface area contributed by atoms with Crippen molar-refractivity contribution in [3.8, 4) is 22.3 Å². The molecule has 0 unspecified atom stereocenters. The monoisotopic (exact) mass is 505 g/mol. The summed E-state index contributed by atoms with van der Waals surface area (Å²) >= 11 is 0. The molecule has 3 aromatic heterocycles. The highest BCUT2D eigenvalue weighted by molar-refractivity contribution is 6.01. The van der Waals surface area contributed by atoms with Crippen molar-refractivity contribution in [2.75, 3.05) is 11.4 Å². The summed E-state index contributed by atoms with van der Waals surface area (Å²) in [6.07, 6.45) is 9.33. The van der Waals surface area contributed by atoms with Crippen LogP contribution in [0.3, 0.4) is 0 Å². The lowest BCUT2D eigenvalue weighted by molar-refractivity contribution is -0.118. The number of hydrogen-bond donors (Lipinski definition) is 1. The van der Waals surface area contributed by atoms with E-state index in [1.165, 1.54) is 0 Å². The summed E-state index contributed by atoms with van der Waals surface area (Å²) < 4.78 is 5.57. The fourth-order valence-corrected chi connectivity index (χ4v) is 5.01. The molecule has 2 aliphatic rings. The van der Waals surface area contributed by atoms with Gasteiger partial charge in [0.05, 0.1) is 17.9 Å². The minimum Gasteiger partial charge on any atom is -0.444 e. The Bertz CT molecular complexity index is 1570. The van der Waals surface area contributed by atoms with Gasteiger partial charge in [-0.2, -0.15) is 0 Å². The van der Waals surface area contributed by atoms with E-state index in [1.807, 2.05) is 67.5 Å². The highest BCUT2D eigenvalue weighted by Crippen LogP contribution is 2.34. The molecular formula is C30H27N5O3. The number of carbonyl (C=O) groups excluding carboxylic acids is 2. The summed E-state index contributed by atoms with van der Waals surface area (Å²) in [4.78, 5) is 40.2. The second-order valence-corrected chi connectivity index (χ2v) is 9.66. The molecule has 38 heavy (non-hydrogen) atoms. The minimum absolute atomic E-state index is 0.161. The highest BCUT2D eigenvalue weighted by atomic mass is 16.4. The van der Waals surface area contributed by atoms with Crippen molar-refractivity contribution in [2.24, 2.45) is 0 Å². The molecule has 0 radical (unpaired) electrons. The Morgan fingerprint density at radius 2 is 1.89 bits per heavy atom. The number of rotatable bonds is 6. The third-order valence-electron chi connectivity index (χ3n) is 7.15. The number of nitrogens with one attached hydrogen (secondary N) is 1. The quantitative estimate of drug-likeness (QED) is 0.404. The molecule has 4 aromatic rings. The van der Waals surface area contributed by atoms with Crippen LogP contribution in [0.1, 0.15) is 41.4 Å². The predicted molar refractivity (Wildman–Crippen MR) is 144 cm³/mol. The number of benzene rings is 1. The van der Waals surface area contributed by atoms with E-state index in [0.717, 1.165) is 63.6 Å². The van der Waals surface area contributed by atoms with Crippen molar-refractivity contribution in [3.63, 3.8) is 0 Å². The van der Waals surface area contributed by atoms with Gasteiger partial charge in [0, 0.05) is 65.9 Å². The zero-order valence-corrected chi connectivity index (χ0v) is 21.3. The number of fused-ring (bicyclic) bond motifs is 1. The molecule has 2 amide bonds. The summed E-state index contributed by atoms with van der Waals surface area (Å²) in [5.74, 6) is 1.26. The molecular weight excluding hydrogens is 478 g/mol. The largest absolute Gasteiger partial charge is 0.444 e. The molecule has 8 nitrogen and oxygen atoms in total. The van der Waals surface area contributed by atoms with Gasteiger partial charge in [0.15, 0.2) is 0 Å². The maximum absolute atomic E-state index is 12.9. The van der Waals surface area contributed by atoms with Gasteiger partial charge in [-0.1, -0.05) is 12.1 Å². The van der Waals surface area contributed by atoms with Crippen molar-refractivity contribution < 1.29 is 14.0 Å². The van der Waals surface area contributed by atoms with Crippen molar-refractivity contribution in [1.29, 1.82) is 0 Å². The zero-order valence-electron chi connectivity index (χ0n) is 21.3. The predicted octanol–water partition coefficient (Wildman–Crippen LogP) is 4.80. The smallest absolute Gasteiger partial charge is 0.248 e. The average Bonchev–Trinajstić information content (AvgIpc) is 3.65. The number of hydrogen-bond acceptors (Lipinski definition) is 6. The number of pyridine rings is 2. The lowest BCUT2D eigenvalue weighted by Crippen LogP contribution is -2.24. The Morgan fingerprint density at radius 3 is 2.63 bits per heavy atom. The first-order chi connectivity index (χ1) is 18.5. The first-order valence-corrected chi connectivity index (χ1v) is 12.7. The first-order valence-electron chi connectivity index (χ1n) is 12.7. The Balaban J connectivity index is 1.22. The van der Waals surface area contributed by atoms with Gasteiger partial charge in [0.1, 0.15) is 5.76 Å². The summed E-state index contributed by atoms with van der Waals surface area (Å²) in [6.45, 7) is 4.74.